The Morgan fingerprint density at radius 2 is 2.06 bits per heavy atom. The number of piperidine rings is 1. The van der Waals surface area contributed by atoms with Crippen molar-refractivity contribution in [2.45, 2.75) is 25.3 Å². The Hall–Kier alpha value is -0.570. The molecule has 1 aromatic carbocycles. The molecule has 1 saturated heterocycles. The van der Waals surface area contributed by atoms with Gasteiger partial charge in [-0.2, -0.15) is 0 Å². The van der Waals surface area contributed by atoms with E-state index in [0.717, 1.165) is 24.5 Å². The molecule has 3 rings (SSSR count). The Bertz CT molecular complexity index is 436. The van der Waals surface area contributed by atoms with E-state index in [2.05, 4.69) is 24.1 Å². The minimum Gasteiger partial charge on any atom is -0.323 e. The van der Waals surface area contributed by atoms with Gasteiger partial charge in [0.1, 0.15) is 0 Å². The molecule has 2 aliphatic rings. The average Bonchev–Trinajstić information content (AvgIpc) is 2.57. The van der Waals surface area contributed by atoms with Crippen molar-refractivity contribution in [3.05, 3.63) is 34.3 Å². The van der Waals surface area contributed by atoms with Gasteiger partial charge in [-0.3, -0.25) is 0 Å². The molecule has 1 heterocycles. The first-order valence-electron chi connectivity index (χ1n) is 6.33. The molecule has 0 radical (unpaired) electrons. The van der Waals surface area contributed by atoms with Crippen molar-refractivity contribution in [1.29, 1.82) is 0 Å². The van der Waals surface area contributed by atoms with Crippen molar-refractivity contribution in [3.8, 4) is 0 Å². The molecule has 3 heteroatoms. The van der Waals surface area contributed by atoms with Crippen molar-refractivity contribution < 1.29 is 0 Å². The molecule has 0 bridgehead atoms. The van der Waals surface area contributed by atoms with E-state index >= 15 is 0 Å². The lowest BCUT2D eigenvalue weighted by Crippen LogP contribution is -2.42. The Labute approximate surface area is 108 Å². The van der Waals surface area contributed by atoms with E-state index in [0.29, 0.717) is 5.41 Å². The number of nitrogens with two attached hydrogens (primary N) is 1. The summed E-state index contributed by atoms with van der Waals surface area (Å²) in [6.07, 6.45) is 3.52. The predicted molar refractivity (Wildman–Crippen MR) is 71.2 cm³/mol. The molecule has 0 amide bonds. The Balaban J connectivity index is 1.92. The van der Waals surface area contributed by atoms with Gasteiger partial charge < -0.3 is 10.6 Å². The van der Waals surface area contributed by atoms with Crippen LogP contribution in [-0.4, -0.2) is 25.0 Å². The van der Waals surface area contributed by atoms with Crippen LogP contribution >= 0.6 is 11.6 Å². The number of hydrogen-bond acceptors (Lipinski definition) is 2. The highest BCUT2D eigenvalue weighted by molar-refractivity contribution is 6.30. The van der Waals surface area contributed by atoms with E-state index in [1.807, 2.05) is 6.07 Å². The summed E-state index contributed by atoms with van der Waals surface area (Å²) in [6, 6.07) is 6.39. The van der Waals surface area contributed by atoms with Crippen LogP contribution in [0.15, 0.2) is 18.2 Å². The molecule has 1 aliphatic heterocycles. The lowest BCUT2D eigenvalue weighted by atomic mass is 9.73. The van der Waals surface area contributed by atoms with Crippen molar-refractivity contribution in [2.24, 2.45) is 11.1 Å². The summed E-state index contributed by atoms with van der Waals surface area (Å²) in [5, 5.41) is 0.834. The van der Waals surface area contributed by atoms with Crippen LogP contribution in [0.5, 0.6) is 0 Å². The molecule has 2 N–H and O–H groups in total. The van der Waals surface area contributed by atoms with E-state index in [9.17, 15) is 0 Å². The molecule has 0 aromatic heterocycles. The van der Waals surface area contributed by atoms with Crippen molar-refractivity contribution in [1.82, 2.24) is 4.90 Å². The molecule has 1 fully saturated rings. The molecule has 1 aliphatic carbocycles. The minimum atomic E-state index is 0.198. The van der Waals surface area contributed by atoms with Gasteiger partial charge in [0.2, 0.25) is 0 Å². The third-order valence-electron chi connectivity index (χ3n) is 4.63. The van der Waals surface area contributed by atoms with Gasteiger partial charge in [-0.05, 0) is 68.1 Å². The van der Waals surface area contributed by atoms with Gasteiger partial charge in [-0.1, -0.05) is 17.7 Å². The van der Waals surface area contributed by atoms with E-state index < -0.39 is 0 Å². The fourth-order valence-electron chi connectivity index (χ4n) is 3.40. The Kier molecular flexibility index (Phi) is 2.69. The van der Waals surface area contributed by atoms with E-state index in [1.165, 1.54) is 24.0 Å². The van der Waals surface area contributed by atoms with Gasteiger partial charge in [0.05, 0.1) is 0 Å². The van der Waals surface area contributed by atoms with Crippen LogP contribution in [-0.2, 0) is 6.42 Å². The predicted octanol–water partition coefficient (Wildman–Crippen LogP) is 2.61. The minimum absolute atomic E-state index is 0.198. The molecule has 1 spiro atoms. The molecule has 17 heavy (non-hydrogen) atoms. The summed E-state index contributed by atoms with van der Waals surface area (Å²) in [4.78, 5) is 2.40. The Morgan fingerprint density at radius 3 is 2.76 bits per heavy atom. The van der Waals surface area contributed by atoms with Gasteiger partial charge >= 0.3 is 0 Å². The average molecular weight is 251 g/mol. The summed E-state index contributed by atoms with van der Waals surface area (Å²) in [5.41, 5.74) is 9.47. The normalized spacial score (nSPS) is 27.4. The zero-order valence-corrected chi connectivity index (χ0v) is 11.0. The maximum Gasteiger partial charge on any atom is 0.0408 e. The zero-order valence-electron chi connectivity index (χ0n) is 10.2. The fourth-order valence-corrected chi connectivity index (χ4v) is 3.60. The second-order valence-electron chi connectivity index (χ2n) is 5.66. The lowest BCUT2D eigenvalue weighted by molar-refractivity contribution is 0.106. The maximum absolute atomic E-state index is 6.49. The number of hydrogen-bond donors (Lipinski definition) is 1. The van der Waals surface area contributed by atoms with Gasteiger partial charge in [0, 0.05) is 11.1 Å². The summed E-state index contributed by atoms with van der Waals surface area (Å²) >= 11 is 6.07. The largest absolute Gasteiger partial charge is 0.323 e. The monoisotopic (exact) mass is 250 g/mol. The van der Waals surface area contributed by atoms with E-state index in [4.69, 9.17) is 17.3 Å². The number of nitrogens with zero attached hydrogens (tertiary/aromatic N) is 1. The third kappa shape index (κ3) is 1.79. The number of benzene rings is 1. The standard InChI is InChI=1S/C14H19ClN2/c1-17-6-4-14(5-7-17)9-10-8-11(15)2-3-12(10)13(14)16/h2-3,8,13H,4-7,9,16H2,1H3/t13-/m1/s1. The van der Waals surface area contributed by atoms with E-state index in [-0.39, 0.29) is 6.04 Å². The first-order valence-corrected chi connectivity index (χ1v) is 6.71. The smallest absolute Gasteiger partial charge is 0.0408 e. The molecule has 1 atom stereocenters. The molecular weight excluding hydrogens is 232 g/mol. The van der Waals surface area contributed by atoms with Crippen LogP contribution in [0.2, 0.25) is 5.02 Å². The SMILES string of the molecule is CN1CCC2(CC1)Cc1cc(Cl)ccc1[C@H]2N. The van der Waals surface area contributed by atoms with Crippen LogP contribution < -0.4 is 5.73 Å². The van der Waals surface area contributed by atoms with Gasteiger partial charge in [0.15, 0.2) is 0 Å². The quantitative estimate of drug-likeness (QED) is 0.767. The number of fused-ring (bicyclic) bond motifs is 1. The second-order valence-corrected chi connectivity index (χ2v) is 6.10. The van der Waals surface area contributed by atoms with Crippen molar-refractivity contribution >= 4 is 11.6 Å². The van der Waals surface area contributed by atoms with Crippen LogP contribution in [0.1, 0.15) is 30.0 Å². The first-order chi connectivity index (χ1) is 8.11. The second kappa shape index (κ2) is 3.98. The number of rotatable bonds is 0. The van der Waals surface area contributed by atoms with Gasteiger partial charge in [0.25, 0.3) is 0 Å². The number of likely N-dealkylation sites (tertiary alicyclic amines) is 1. The van der Waals surface area contributed by atoms with Crippen molar-refractivity contribution in [2.75, 3.05) is 20.1 Å². The molecule has 92 valence electrons. The van der Waals surface area contributed by atoms with Gasteiger partial charge in [-0.15, -0.1) is 0 Å². The first kappa shape index (κ1) is 11.5. The topological polar surface area (TPSA) is 29.3 Å². The lowest BCUT2D eigenvalue weighted by Gasteiger charge is -2.41. The summed E-state index contributed by atoms with van der Waals surface area (Å²) < 4.78 is 0. The van der Waals surface area contributed by atoms with E-state index in [1.54, 1.807) is 0 Å². The maximum atomic E-state index is 6.49. The third-order valence-corrected chi connectivity index (χ3v) is 4.86. The molecular formula is C14H19ClN2. The molecule has 2 nitrogen and oxygen atoms in total. The molecule has 0 saturated carbocycles. The zero-order chi connectivity index (χ0) is 12.0. The van der Waals surface area contributed by atoms with Crippen LogP contribution in [0.4, 0.5) is 0 Å². The Morgan fingerprint density at radius 1 is 1.35 bits per heavy atom. The molecule has 1 aromatic rings. The number of halogens is 1. The summed E-state index contributed by atoms with van der Waals surface area (Å²) in [6.45, 7) is 2.32. The summed E-state index contributed by atoms with van der Waals surface area (Å²) in [5.74, 6) is 0. The highest BCUT2D eigenvalue weighted by Gasteiger charge is 2.45. The van der Waals surface area contributed by atoms with Gasteiger partial charge in [-0.25, -0.2) is 0 Å². The fraction of sp³-hybridized carbons (Fsp3) is 0.571. The van der Waals surface area contributed by atoms with Crippen molar-refractivity contribution in [3.63, 3.8) is 0 Å². The van der Waals surface area contributed by atoms with Crippen LogP contribution in [0, 0.1) is 5.41 Å². The highest BCUT2D eigenvalue weighted by atomic mass is 35.5. The van der Waals surface area contributed by atoms with Crippen LogP contribution in [0.25, 0.3) is 0 Å². The van der Waals surface area contributed by atoms with Crippen LogP contribution in [0.3, 0.4) is 0 Å². The highest BCUT2D eigenvalue weighted by Crippen LogP contribution is 2.50. The summed E-state index contributed by atoms with van der Waals surface area (Å²) in [7, 11) is 2.19. The molecule has 0 unspecified atom stereocenters.